The van der Waals surface area contributed by atoms with E-state index in [-0.39, 0.29) is 11.4 Å². The fraction of sp³-hybridized carbons (Fsp3) is 0.833. The van der Waals surface area contributed by atoms with Crippen LogP contribution in [0.2, 0.25) is 0 Å². The first-order valence-corrected chi connectivity index (χ1v) is 2.76. The molecule has 0 spiro atoms. The molecule has 1 heterocycles. The van der Waals surface area contributed by atoms with Gasteiger partial charge >= 0.3 is 0 Å². The molecule has 0 bridgehead atoms. The minimum absolute atomic E-state index is 0.0775. The Kier molecular flexibility index (Phi) is 1.12. The summed E-state index contributed by atoms with van der Waals surface area (Å²) in [5.74, 6) is 0.213. The average Bonchev–Trinajstić information content (AvgIpc) is 2.17. The van der Waals surface area contributed by atoms with Gasteiger partial charge in [-0.15, -0.1) is 0 Å². The zero-order valence-corrected chi connectivity index (χ0v) is 5.23. The molecular formula is C6H10O2. The fourth-order valence-electron chi connectivity index (χ4n) is 0.752. The van der Waals surface area contributed by atoms with Crippen LogP contribution in [0.15, 0.2) is 0 Å². The summed E-state index contributed by atoms with van der Waals surface area (Å²) in [7, 11) is 0. The molecule has 0 N–H and O–H groups in total. The molecule has 1 aliphatic heterocycles. The average molecular weight is 114 g/mol. The van der Waals surface area contributed by atoms with Gasteiger partial charge in [-0.2, -0.15) is 0 Å². The lowest BCUT2D eigenvalue weighted by Gasteiger charge is -1.96. The summed E-state index contributed by atoms with van der Waals surface area (Å²) >= 11 is 0. The highest BCUT2D eigenvalue weighted by Crippen LogP contribution is 2.29. The normalized spacial score (nSPS) is 34.8. The molecule has 1 unspecified atom stereocenters. The molecule has 1 aliphatic rings. The molecular weight excluding hydrogens is 104 g/mol. The highest BCUT2D eigenvalue weighted by atomic mass is 16.6. The molecule has 0 radical (unpaired) electrons. The Balaban J connectivity index is 2.29. The Morgan fingerprint density at radius 2 is 2.38 bits per heavy atom. The number of rotatable bonds is 2. The molecule has 0 aromatic carbocycles. The van der Waals surface area contributed by atoms with Crippen molar-refractivity contribution < 1.29 is 9.53 Å². The van der Waals surface area contributed by atoms with Gasteiger partial charge in [-0.1, -0.05) is 0 Å². The lowest BCUT2D eigenvalue weighted by Crippen LogP contribution is -2.09. The highest BCUT2D eigenvalue weighted by molar-refractivity contribution is 5.76. The number of epoxide rings is 1. The number of ether oxygens (including phenoxy) is 1. The van der Waals surface area contributed by atoms with E-state index in [4.69, 9.17) is 4.74 Å². The first kappa shape index (κ1) is 5.76. The predicted octanol–water partition coefficient (Wildman–Crippen LogP) is 0.754. The number of hydrogen-bond donors (Lipinski definition) is 0. The van der Waals surface area contributed by atoms with E-state index in [0.717, 1.165) is 6.61 Å². The molecule has 8 heavy (non-hydrogen) atoms. The highest BCUT2D eigenvalue weighted by Gasteiger charge is 2.39. The Bertz CT molecular complexity index is 114. The van der Waals surface area contributed by atoms with Crippen LogP contribution in [0.25, 0.3) is 0 Å². The van der Waals surface area contributed by atoms with Crippen LogP contribution < -0.4 is 0 Å². The lowest BCUT2D eigenvalue weighted by atomic mass is 10.1. The molecule has 1 atom stereocenters. The maximum atomic E-state index is 10.4. The molecule has 0 saturated carbocycles. The minimum atomic E-state index is -0.0775. The van der Waals surface area contributed by atoms with Crippen LogP contribution in [0, 0.1) is 0 Å². The molecule has 0 aliphatic carbocycles. The summed E-state index contributed by atoms with van der Waals surface area (Å²) in [6.45, 7) is 4.30. The van der Waals surface area contributed by atoms with Crippen molar-refractivity contribution in [1.82, 2.24) is 0 Å². The largest absolute Gasteiger partial charge is 0.369 e. The topological polar surface area (TPSA) is 29.6 Å². The zero-order chi connectivity index (χ0) is 6.20. The molecule has 1 fully saturated rings. The molecule has 1 rings (SSSR count). The van der Waals surface area contributed by atoms with Gasteiger partial charge in [0.1, 0.15) is 5.78 Å². The maximum Gasteiger partial charge on any atom is 0.132 e. The fourth-order valence-corrected chi connectivity index (χ4v) is 0.752. The van der Waals surface area contributed by atoms with E-state index >= 15 is 0 Å². The minimum Gasteiger partial charge on any atom is -0.369 e. The summed E-state index contributed by atoms with van der Waals surface area (Å²) in [5, 5.41) is 0. The van der Waals surface area contributed by atoms with Gasteiger partial charge in [-0.25, -0.2) is 0 Å². The summed E-state index contributed by atoms with van der Waals surface area (Å²) in [4.78, 5) is 10.4. The Morgan fingerprint density at radius 3 is 2.50 bits per heavy atom. The molecule has 0 aromatic heterocycles. The van der Waals surface area contributed by atoms with E-state index in [1.807, 2.05) is 6.92 Å². The van der Waals surface area contributed by atoms with Crippen molar-refractivity contribution in [2.24, 2.45) is 0 Å². The smallest absolute Gasteiger partial charge is 0.132 e. The van der Waals surface area contributed by atoms with Crippen molar-refractivity contribution >= 4 is 5.78 Å². The van der Waals surface area contributed by atoms with E-state index in [1.54, 1.807) is 6.92 Å². The SMILES string of the molecule is CC(=O)CC1(C)CO1. The third-order valence-corrected chi connectivity index (χ3v) is 1.26. The number of carbonyl (C=O) groups excluding carboxylic acids is 1. The van der Waals surface area contributed by atoms with Gasteiger partial charge in [0.05, 0.1) is 12.2 Å². The van der Waals surface area contributed by atoms with Crippen LogP contribution >= 0.6 is 0 Å². The van der Waals surface area contributed by atoms with Crippen molar-refractivity contribution in [3.8, 4) is 0 Å². The molecule has 0 aromatic rings. The molecule has 1 saturated heterocycles. The van der Waals surface area contributed by atoms with Crippen molar-refractivity contribution in [1.29, 1.82) is 0 Å². The Morgan fingerprint density at radius 1 is 1.88 bits per heavy atom. The number of ketones is 1. The van der Waals surface area contributed by atoms with Gasteiger partial charge in [0.15, 0.2) is 0 Å². The molecule has 2 nitrogen and oxygen atoms in total. The van der Waals surface area contributed by atoms with Crippen LogP contribution in [0.3, 0.4) is 0 Å². The van der Waals surface area contributed by atoms with Gasteiger partial charge in [0.2, 0.25) is 0 Å². The second kappa shape index (κ2) is 1.55. The van der Waals surface area contributed by atoms with Crippen molar-refractivity contribution in [3.63, 3.8) is 0 Å². The number of Topliss-reactive ketones (excluding diaryl/α,β-unsaturated/α-hetero) is 1. The predicted molar refractivity (Wildman–Crippen MR) is 29.7 cm³/mol. The van der Waals surface area contributed by atoms with E-state index in [2.05, 4.69) is 0 Å². The summed E-state index contributed by atoms with van der Waals surface area (Å²) in [6, 6.07) is 0. The third kappa shape index (κ3) is 1.30. The number of hydrogen-bond acceptors (Lipinski definition) is 2. The first-order chi connectivity index (χ1) is 3.62. The monoisotopic (exact) mass is 114 g/mol. The van der Waals surface area contributed by atoms with Crippen LogP contribution in [0.5, 0.6) is 0 Å². The van der Waals surface area contributed by atoms with Crippen molar-refractivity contribution in [2.75, 3.05) is 6.61 Å². The van der Waals surface area contributed by atoms with E-state index < -0.39 is 0 Å². The van der Waals surface area contributed by atoms with Crippen LogP contribution in [-0.4, -0.2) is 18.0 Å². The third-order valence-electron chi connectivity index (χ3n) is 1.26. The van der Waals surface area contributed by atoms with Crippen LogP contribution in [-0.2, 0) is 9.53 Å². The maximum absolute atomic E-state index is 10.4. The van der Waals surface area contributed by atoms with E-state index in [9.17, 15) is 4.79 Å². The summed E-state index contributed by atoms with van der Waals surface area (Å²) < 4.78 is 4.99. The van der Waals surface area contributed by atoms with Crippen molar-refractivity contribution in [2.45, 2.75) is 25.9 Å². The zero-order valence-electron chi connectivity index (χ0n) is 5.23. The van der Waals surface area contributed by atoms with Gasteiger partial charge in [0.25, 0.3) is 0 Å². The van der Waals surface area contributed by atoms with Crippen LogP contribution in [0.4, 0.5) is 0 Å². The Labute approximate surface area is 48.8 Å². The summed E-state index contributed by atoms with van der Waals surface area (Å²) in [6.07, 6.45) is 0.576. The number of carbonyl (C=O) groups is 1. The van der Waals surface area contributed by atoms with Crippen LogP contribution in [0.1, 0.15) is 20.3 Å². The van der Waals surface area contributed by atoms with Crippen molar-refractivity contribution in [3.05, 3.63) is 0 Å². The van der Waals surface area contributed by atoms with Gasteiger partial charge in [-0.05, 0) is 13.8 Å². The Hall–Kier alpha value is -0.370. The first-order valence-electron chi connectivity index (χ1n) is 2.76. The quantitative estimate of drug-likeness (QED) is 0.496. The standard InChI is InChI=1S/C6H10O2/c1-5(7)3-6(2)4-8-6/h3-4H2,1-2H3. The van der Waals surface area contributed by atoms with Gasteiger partial charge < -0.3 is 4.74 Å². The van der Waals surface area contributed by atoms with Gasteiger partial charge in [-0.3, -0.25) is 4.79 Å². The second-order valence-electron chi connectivity index (χ2n) is 2.62. The van der Waals surface area contributed by atoms with E-state index in [1.165, 1.54) is 0 Å². The summed E-state index contributed by atoms with van der Waals surface area (Å²) in [5.41, 5.74) is -0.0775. The molecule has 2 heteroatoms. The molecule has 0 amide bonds. The second-order valence-corrected chi connectivity index (χ2v) is 2.62. The van der Waals surface area contributed by atoms with E-state index in [0.29, 0.717) is 6.42 Å². The molecule has 46 valence electrons. The lowest BCUT2D eigenvalue weighted by molar-refractivity contribution is -0.117. The van der Waals surface area contributed by atoms with Gasteiger partial charge in [0, 0.05) is 6.42 Å².